The van der Waals surface area contributed by atoms with E-state index in [1.54, 1.807) is 30.5 Å². The number of aliphatic hydroxyl groups excluding tert-OH is 1. The van der Waals surface area contributed by atoms with Gasteiger partial charge < -0.3 is 19.5 Å². The molecular formula is C24H23FN2O5. The van der Waals surface area contributed by atoms with Crippen LogP contribution in [0, 0.1) is 12.7 Å². The Morgan fingerprint density at radius 1 is 1.25 bits per heavy atom. The summed E-state index contributed by atoms with van der Waals surface area (Å²) in [6.07, 6.45) is 1.12. The summed E-state index contributed by atoms with van der Waals surface area (Å²) in [4.78, 5) is 30.4. The number of cyclic esters (lactones) is 1. The molecule has 1 aromatic carbocycles. The molecule has 2 aliphatic heterocycles. The monoisotopic (exact) mass is 438 g/mol. The summed E-state index contributed by atoms with van der Waals surface area (Å²) in [5, 5.41) is 21.2. The average Bonchev–Trinajstić information content (AvgIpc) is 3.14. The van der Waals surface area contributed by atoms with Gasteiger partial charge in [0.1, 0.15) is 12.4 Å². The molecule has 2 N–H and O–H groups in total. The van der Waals surface area contributed by atoms with E-state index >= 15 is 0 Å². The number of hydrogen-bond acceptors (Lipinski definition) is 6. The Morgan fingerprint density at radius 3 is 2.75 bits per heavy atom. The third-order valence-corrected chi connectivity index (χ3v) is 6.67. The third kappa shape index (κ3) is 2.76. The molecule has 2 aliphatic rings. The molecule has 3 aromatic rings. The standard InChI is InChI=1S/C24H23FN2O5/c1-3-24(31)17-8-20-21-15(10-27(20)22(29)16(17)11-32-23(24)30)13(5-4-6-28)14-7-12(2)18(25)9-19(14)26-21/h7-9,28,31H,3-6,10-11H2,1-2H3. The number of rotatable bonds is 4. The SMILES string of the molecule is CCC1(O)C(=O)OCc2c1cc1n(c2=O)Cc2c-1nc1cc(F)c(C)cc1c2CCCO. The van der Waals surface area contributed by atoms with Crippen molar-refractivity contribution < 1.29 is 24.1 Å². The molecule has 0 saturated heterocycles. The van der Waals surface area contributed by atoms with E-state index in [-0.39, 0.29) is 48.7 Å². The van der Waals surface area contributed by atoms with Crippen LogP contribution in [0.15, 0.2) is 23.0 Å². The van der Waals surface area contributed by atoms with E-state index in [1.807, 2.05) is 0 Å². The summed E-state index contributed by atoms with van der Waals surface area (Å²) in [6, 6.07) is 4.78. The van der Waals surface area contributed by atoms with Crippen molar-refractivity contribution in [3.63, 3.8) is 0 Å². The lowest BCUT2D eigenvalue weighted by Crippen LogP contribution is -2.44. The molecule has 4 heterocycles. The fourth-order valence-corrected chi connectivity index (χ4v) is 4.83. The Hall–Kier alpha value is -3.10. The van der Waals surface area contributed by atoms with Crippen molar-refractivity contribution in [2.45, 2.75) is 51.9 Å². The van der Waals surface area contributed by atoms with Crippen LogP contribution < -0.4 is 5.56 Å². The Kier molecular flexibility index (Phi) is 4.69. The molecule has 0 bridgehead atoms. The first-order chi connectivity index (χ1) is 15.3. The number of aromatic nitrogens is 2. The summed E-state index contributed by atoms with van der Waals surface area (Å²) in [5.74, 6) is -1.15. The van der Waals surface area contributed by atoms with E-state index in [4.69, 9.17) is 9.72 Å². The minimum absolute atomic E-state index is 0.00292. The first-order valence-electron chi connectivity index (χ1n) is 10.7. The number of carbonyl (C=O) groups is 1. The maximum Gasteiger partial charge on any atom is 0.343 e. The highest BCUT2D eigenvalue weighted by Crippen LogP contribution is 2.40. The third-order valence-electron chi connectivity index (χ3n) is 6.67. The number of esters is 1. The quantitative estimate of drug-likeness (QED) is 0.475. The summed E-state index contributed by atoms with van der Waals surface area (Å²) < 4.78 is 21.0. The average molecular weight is 438 g/mol. The maximum absolute atomic E-state index is 14.3. The number of ether oxygens (including phenoxy) is 1. The molecule has 5 rings (SSSR count). The van der Waals surface area contributed by atoms with Crippen molar-refractivity contribution in [1.29, 1.82) is 0 Å². The van der Waals surface area contributed by atoms with Crippen LogP contribution in [-0.4, -0.2) is 32.3 Å². The van der Waals surface area contributed by atoms with Gasteiger partial charge in [-0.1, -0.05) is 6.92 Å². The molecule has 0 spiro atoms. The minimum atomic E-state index is -1.90. The highest BCUT2D eigenvalue weighted by molar-refractivity contribution is 5.89. The highest BCUT2D eigenvalue weighted by Gasteiger charge is 2.45. The lowest BCUT2D eigenvalue weighted by molar-refractivity contribution is -0.172. The van der Waals surface area contributed by atoms with E-state index in [0.29, 0.717) is 35.3 Å². The number of pyridine rings is 2. The van der Waals surface area contributed by atoms with Gasteiger partial charge in [-0.15, -0.1) is 0 Å². The molecular weight excluding hydrogens is 415 g/mol. The van der Waals surface area contributed by atoms with Crippen LogP contribution in [0.1, 0.15) is 47.6 Å². The second kappa shape index (κ2) is 7.21. The first-order valence-corrected chi connectivity index (χ1v) is 10.7. The van der Waals surface area contributed by atoms with Crippen LogP contribution in [-0.2, 0) is 34.7 Å². The van der Waals surface area contributed by atoms with Crippen molar-refractivity contribution in [1.82, 2.24) is 9.55 Å². The summed E-state index contributed by atoms with van der Waals surface area (Å²) in [6.45, 7) is 3.42. The predicted octanol–water partition coefficient (Wildman–Crippen LogP) is 2.45. The molecule has 0 radical (unpaired) electrons. The summed E-state index contributed by atoms with van der Waals surface area (Å²) in [7, 11) is 0. The van der Waals surface area contributed by atoms with Crippen LogP contribution in [0.3, 0.4) is 0 Å². The number of nitrogens with zero attached hydrogens (tertiary/aromatic N) is 2. The molecule has 0 aliphatic carbocycles. The zero-order chi connectivity index (χ0) is 22.8. The molecule has 166 valence electrons. The van der Waals surface area contributed by atoms with Gasteiger partial charge in [0.15, 0.2) is 5.60 Å². The van der Waals surface area contributed by atoms with Gasteiger partial charge in [-0.05, 0) is 49.4 Å². The lowest BCUT2D eigenvalue weighted by atomic mass is 9.86. The number of hydrogen-bond donors (Lipinski definition) is 2. The molecule has 2 aromatic heterocycles. The van der Waals surface area contributed by atoms with Gasteiger partial charge in [-0.25, -0.2) is 14.2 Å². The molecule has 1 unspecified atom stereocenters. The largest absolute Gasteiger partial charge is 0.458 e. The number of halogens is 1. The zero-order valence-corrected chi connectivity index (χ0v) is 17.9. The highest BCUT2D eigenvalue weighted by atomic mass is 19.1. The van der Waals surface area contributed by atoms with Crippen molar-refractivity contribution in [2.24, 2.45) is 0 Å². The van der Waals surface area contributed by atoms with Crippen LogP contribution in [0.25, 0.3) is 22.3 Å². The molecule has 0 fully saturated rings. The van der Waals surface area contributed by atoms with Crippen molar-refractivity contribution in [2.75, 3.05) is 6.61 Å². The molecule has 8 heteroatoms. The van der Waals surface area contributed by atoms with Crippen LogP contribution in [0.4, 0.5) is 4.39 Å². The molecule has 0 amide bonds. The fraction of sp³-hybridized carbons (Fsp3) is 0.375. The van der Waals surface area contributed by atoms with E-state index < -0.39 is 11.6 Å². The summed E-state index contributed by atoms with van der Waals surface area (Å²) >= 11 is 0. The number of fused-ring (bicyclic) bond motifs is 5. The van der Waals surface area contributed by atoms with Gasteiger partial charge in [-0.2, -0.15) is 0 Å². The predicted molar refractivity (Wildman–Crippen MR) is 115 cm³/mol. The van der Waals surface area contributed by atoms with E-state index in [9.17, 15) is 24.2 Å². The first kappa shape index (κ1) is 20.8. The number of aryl methyl sites for hydroxylation is 2. The van der Waals surface area contributed by atoms with Gasteiger partial charge >= 0.3 is 5.97 Å². The minimum Gasteiger partial charge on any atom is -0.458 e. The van der Waals surface area contributed by atoms with E-state index in [1.165, 1.54) is 6.07 Å². The van der Waals surface area contributed by atoms with Gasteiger partial charge in [-0.3, -0.25) is 4.79 Å². The Morgan fingerprint density at radius 2 is 2.03 bits per heavy atom. The van der Waals surface area contributed by atoms with E-state index in [0.717, 1.165) is 16.5 Å². The van der Waals surface area contributed by atoms with Gasteiger partial charge in [0, 0.05) is 29.2 Å². The Balaban J connectivity index is 1.81. The van der Waals surface area contributed by atoms with Crippen LogP contribution >= 0.6 is 0 Å². The normalized spacial score (nSPS) is 19.0. The molecule has 0 saturated carbocycles. The second-order valence-electron chi connectivity index (χ2n) is 8.47. The van der Waals surface area contributed by atoms with Crippen molar-refractivity contribution >= 4 is 16.9 Å². The Labute approximate surface area is 183 Å². The van der Waals surface area contributed by atoms with Gasteiger partial charge in [0.2, 0.25) is 0 Å². The van der Waals surface area contributed by atoms with Gasteiger partial charge in [0.05, 0.1) is 29.0 Å². The lowest BCUT2D eigenvalue weighted by Gasteiger charge is -2.31. The Bertz CT molecular complexity index is 1360. The maximum atomic E-state index is 14.3. The molecule has 1 atom stereocenters. The van der Waals surface area contributed by atoms with Crippen LogP contribution in [0.2, 0.25) is 0 Å². The topological polar surface area (TPSA) is 102 Å². The zero-order valence-electron chi connectivity index (χ0n) is 17.9. The number of carbonyl (C=O) groups excluding carboxylic acids is 1. The summed E-state index contributed by atoms with van der Waals surface area (Å²) in [5.41, 5.74) is 2.00. The fourth-order valence-electron chi connectivity index (χ4n) is 4.83. The van der Waals surface area contributed by atoms with E-state index in [2.05, 4.69) is 0 Å². The number of aliphatic hydroxyl groups is 2. The molecule has 7 nitrogen and oxygen atoms in total. The number of benzene rings is 1. The molecule has 32 heavy (non-hydrogen) atoms. The van der Waals surface area contributed by atoms with Gasteiger partial charge in [0.25, 0.3) is 5.56 Å². The van der Waals surface area contributed by atoms with Crippen LogP contribution in [0.5, 0.6) is 0 Å². The van der Waals surface area contributed by atoms with Crippen molar-refractivity contribution in [3.8, 4) is 11.4 Å². The second-order valence-corrected chi connectivity index (χ2v) is 8.47. The smallest absolute Gasteiger partial charge is 0.343 e. The van der Waals surface area contributed by atoms with Crippen molar-refractivity contribution in [3.05, 3.63) is 62.2 Å².